The van der Waals surface area contributed by atoms with Crippen LogP contribution in [0.4, 0.5) is 9.52 Å². The van der Waals surface area contributed by atoms with Gasteiger partial charge in [-0.1, -0.05) is 23.5 Å². The van der Waals surface area contributed by atoms with Crippen molar-refractivity contribution in [3.8, 4) is 16.9 Å². The number of nitrogens with one attached hydrogen (secondary N) is 1. The summed E-state index contributed by atoms with van der Waals surface area (Å²) in [5.41, 5.74) is 1.79. The number of thiophene rings is 1. The molecule has 1 amide bonds. The predicted octanol–water partition coefficient (Wildman–Crippen LogP) is 4.52. The van der Waals surface area contributed by atoms with Crippen molar-refractivity contribution in [3.05, 3.63) is 70.3 Å². The second-order valence-corrected chi connectivity index (χ2v) is 8.80. The van der Waals surface area contributed by atoms with E-state index in [0.717, 1.165) is 10.2 Å². The monoisotopic (exact) mass is 466 g/mol. The Morgan fingerprint density at radius 3 is 2.81 bits per heavy atom. The molecule has 0 bridgehead atoms. The number of carbonyl (C=O) groups excluding carboxylic acids is 1. The molecule has 0 fully saturated rings. The maximum absolute atomic E-state index is 13.3. The van der Waals surface area contributed by atoms with Crippen LogP contribution < -0.4 is 15.6 Å². The van der Waals surface area contributed by atoms with Gasteiger partial charge in [0.25, 0.3) is 5.56 Å². The highest BCUT2D eigenvalue weighted by Crippen LogP contribution is 2.31. The van der Waals surface area contributed by atoms with Crippen LogP contribution >= 0.6 is 22.7 Å². The molecule has 0 atom stereocenters. The smallest absolute Gasteiger partial charge is 0.263 e. The SMILES string of the molecule is COc1ccc2nc(NC(=O)Cn3cnc4scc(-c5ccc(F)cc5)c4c3=O)sc2c1. The van der Waals surface area contributed by atoms with E-state index < -0.39 is 5.91 Å². The van der Waals surface area contributed by atoms with Crippen molar-refractivity contribution >= 4 is 54.1 Å². The van der Waals surface area contributed by atoms with E-state index in [1.165, 1.54) is 45.7 Å². The number of fused-ring (bicyclic) bond motifs is 2. The van der Waals surface area contributed by atoms with E-state index >= 15 is 0 Å². The molecule has 7 nitrogen and oxygen atoms in total. The maximum atomic E-state index is 13.3. The Balaban J connectivity index is 1.42. The largest absolute Gasteiger partial charge is 0.497 e. The molecule has 0 radical (unpaired) electrons. The summed E-state index contributed by atoms with van der Waals surface area (Å²) in [7, 11) is 1.59. The fourth-order valence-electron chi connectivity index (χ4n) is 3.32. The Morgan fingerprint density at radius 1 is 1.22 bits per heavy atom. The van der Waals surface area contributed by atoms with Gasteiger partial charge in [0.15, 0.2) is 5.13 Å². The van der Waals surface area contributed by atoms with E-state index in [4.69, 9.17) is 4.74 Å². The highest BCUT2D eigenvalue weighted by molar-refractivity contribution is 7.22. The molecule has 10 heteroatoms. The van der Waals surface area contributed by atoms with Crippen LogP contribution in [-0.4, -0.2) is 27.6 Å². The van der Waals surface area contributed by atoms with E-state index in [1.54, 1.807) is 25.3 Å². The lowest BCUT2D eigenvalue weighted by molar-refractivity contribution is -0.116. The third kappa shape index (κ3) is 3.74. The summed E-state index contributed by atoms with van der Waals surface area (Å²) in [4.78, 5) is 35.0. The second kappa shape index (κ2) is 8.13. The first-order chi connectivity index (χ1) is 15.5. The van der Waals surface area contributed by atoms with E-state index in [-0.39, 0.29) is 17.9 Å². The van der Waals surface area contributed by atoms with Gasteiger partial charge < -0.3 is 10.1 Å². The molecule has 0 aliphatic rings. The zero-order chi connectivity index (χ0) is 22.2. The zero-order valence-corrected chi connectivity index (χ0v) is 18.3. The van der Waals surface area contributed by atoms with Crippen LogP contribution in [0.3, 0.4) is 0 Å². The van der Waals surface area contributed by atoms with Gasteiger partial charge in [0, 0.05) is 10.9 Å². The molecule has 160 valence electrons. The molecule has 3 aromatic heterocycles. The number of amides is 1. The number of hydrogen-bond donors (Lipinski definition) is 1. The number of carbonyl (C=O) groups is 1. The van der Waals surface area contributed by atoms with Gasteiger partial charge in [-0.05, 0) is 35.9 Å². The van der Waals surface area contributed by atoms with Crippen LogP contribution in [-0.2, 0) is 11.3 Å². The lowest BCUT2D eigenvalue weighted by Gasteiger charge is -2.06. The van der Waals surface area contributed by atoms with Crippen molar-refractivity contribution in [2.24, 2.45) is 0 Å². The standard InChI is InChI=1S/C22H15FN4O3S2/c1-30-14-6-7-16-17(8-14)32-22(25-16)26-18(28)9-27-11-24-20-19(21(27)29)15(10-31-20)12-2-4-13(23)5-3-12/h2-8,10-11H,9H2,1H3,(H,25,26,28). The fraction of sp³-hybridized carbons (Fsp3) is 0.0909. The van der Waals surface area contributed by atoms with Crippen LogP contribution in [0.5, 0.6) is 5.75 Å². The zero-order valence-electron chi connectivity index (χ0n) is 16.7. The number of methoxy groups -OCH3 is 1. The van der Waals surface area contributed by atoms with Gasteiger partial charge in [-0.15, -0.1) is 11.3 Å². The van der Waals surface area contributed by atoms with E-state index in [0.29, 0.717) is 32.2 Å². The summed E-state index contributed by atoms with van der Waals surface area (Å²) in [6, 6.07) is 11.4. The summed E-state index contributed by atoms with van der Waals surface area (Å²) >= 11 is 2.65. The minimum Gasteiger partial charge on any atom is -0.497 e. The topological polar surface area (TPSA) is 86.1 Å². The molecule has 5 aromatic rings. The quantitative estimate of drug-likeness (QED) is 0.412. The van der Waals surface area contributed by atoms with Crippen LogP contribution in [0.1, 0.15) is 0 Å². The van der Waals surface area contributed by atoms with E-state index in [1.807, 2.05) is 17.5 Å². The Labute approximate surface area is 188 Å². The molecule has 1 N–H and O–H groups in total. The Kier molecular flexibility index (Phi) is 5.16. The molecule has 32 heavy (non-hydrogen) atoms. The minimum atomic E-state index is -0.391. The van der Waals surface area contributed by atoms with Crippen molar-refractivity contribution in [1.82, 2.24) is 14.5 Å². The molecule has 0 spiro atoms. The fourth-order valence-corrected chi connectivity index (χ4v) is 5.14. The number of thiazole rings is 1. The summed E-state index contributed by atoms with van der Waals surface area (Å²) < 4.78 is 20.6. The number of halogens is 1. The first-order valence-electron chi connectivity index (χ1n) is 9.49. The molecular weight excluding hydrogens is 451 g/mol. The number of ether oxygens (including phenoxy) is 1. The van der Waals surface area contributed by atoms with Crippen LogP contribution in [0.25, 0.3) is 31.6 Å². The minimum absolute atomic E-state index is 0.209. The molecule has 3 heterocycles. The molecule has 0 aliphatic carbocycles. The van der Waals surface area contributed by atoms with Crippen molar-refractivity contribution in [1.29, 1.82) is 0 Å². The Hall–Kier alpha value is -3.63. The summed E-state index contributed by atoms with van der Waals surface area (Å²) in [5, 5.41) is 5.39. The highest BCUT2D eigenvalue weighted by atomic mass is 32.1. The number of aromatic nitrogens is 3. The Bertz CT molecular complexity index is 1520. The summed E-state index contributed by atoms with van der Waals surface area (Å²) in [5.74, 6) is -0.0377. The Morgan fingerprint density at radius 2 is 2.03 bits per heavy atom. The van der Waals surface area contributed by atoms with Gasteiger partial charge in [-0.3, -0.25) is 14.2 Å². The van der Waals surface area contributed by atoms with Crippen LogP contribution in [0, 0.1) is 5.82 Å². The predicted molar refractivity (Wildman–Crippen MR) is 124 cm³/mol. The number of anilines is 1. The third-order valence-electron chi connectivity index (χ3n) is 4.87. The number of nitrogens with zero attached hydrogens (tertiary/aromatic N) is 3. The number of hydrogen-bond acceptors (Lipinski definition) is 7. The maximum Gasteiger partial charge on any atom is 0.263 e. The molecule has 5 rings (SSSR count). The van der Waals surface area contributed by atoms with Gasteiger partial charge in [-0.2, -0.15) is 0 Å². The molecule has 0 aliphatic heterocycles. The third-order valence-corrected chi connectivity index (χ3v) is 6.69. The van der Waals surface area contributed by atoms with Crippen molar-refractivity contribution in [3.63, 3.8) is 0 Å². The second-order valence-electron chi connectivity index (χ2n) is 6.91. The van der Waals surface area contributed by atoms with Gasteiger partial charge in [0.1, 0.15) is 22.9 Å². The van der Waals surface area contributed by atoms with Crippen molar-refractivity contribution in [2.45, 2.75) is 6.54 Å². The number of rotatable bonds is 5. The summed E-state index contributed by atoms with van der Waals surface area (Å²) in [6.07, 6.45) is 1.36. The van der Waals surface area contributed by atoms with Gasteiger partial charge >= 0.3 is 0 Å². The normalized spacial score (nSPS) is 11.2. The molecule has 0 saturated carbocycles. The first kappa shape index (κ1) is 20.3. The van der Waals surface area contributed by atoms with E-state index in [2.05, 4.69) is 15.3 Å². The molecule has 0 saturated heterocycles. The average Bonchev–Trinajstić information content (AvgIpc) is 3.39. The summed E-state index contributed by atoms with van der Waals surface area (Å²) in [6.45, 7) is -0.209. The highest BCUT2D eigenvalue weighted by Gasteiger charge is 2.16. The van der Waals surface area contributed by atoms with E-state index in [9.17, 15) is 14.0 Å². The van der Waals surface area contributed by atoms with Gasteiger partial charge in [0.2, 0.25) is 5.91 Å². The molecular formula is C22H15FN4O3S2. The first-order valence-corrected chi connectivity index (χ1v) is 11.2. The van der Waals surface area contributed by atoms with Gasteiger partial charge in [-0.25, -0.2) is 14.4 Å². The van der Waals surface area contributed by atoms with Crippen molar-refractivity contribution < 1.29 is 13.9 Å². The number of benzene rings is 2. The molecule has 2 aromatic carbocycles. The van der Waals surface area contributed by atoms with Gasteiger partial charge in [0.05, 0.1) is 29.0 Å². The average molecular weight is 467 g/mol. The van der Waals surface area contributed by atoms with Crippen LogP contribution in [0.15, 0.2) is 59.0 Å². The lowest BCUT2D eigenvalue weighted by Crippen LogP contribution is -2.27. The van der Waals surface area contributed by atoms with Crippen molar-refractivity contribution in [2.75, 3.05) is 12.4 Å². The van der Waals surface area contributed by atoms with Crippen LogP contribution in [0.2, 0.25) is 0 Å². The molecule has 0 unspecified atom stereocenters. The lowest BCUT2D eigenvalue weighted by atomic mass is 10.1.